The molecule has 0 aromatic rings. The lowest BCUT2D eigenvalue weighted by Gasteiger charge is -2.40. The highest BCUT2D eigenvalue weighted by Gasteiger charge is 2.60. The zero-order valence-corrected chi connectivity index (χ0v) is 14.3. The quantitative estimate of drug-likeness (QED) is 0.585. The fourth-order valence-electron chi connectivity index (χ4n) is 2.77. The van der Waals surface area contributed by atoms with E-state index >= 15 is 0 Å². The second-order valence-corrected chi connectivity index (χ2v) is 7.95. The van der Waals surface area contributed by atoms with Crippen LogP contribution >= 0.6 is 23.2 Å². The van der Waals surface area contributed by atoms with Gasteiger partial charge in [-0.15, -0.1) is 23.2 Å². The van der Waals surface area contributed by atoms with Crippen LogP contribution < -0.4 is 0 Å². The average molecular weight is 335 g/mol. The van der Waals surface area contributed by atoms with Gasteiger partial charge in [0.15, 0.2) is 23.1 Å². The normalized spacial score (nSPS) is 23.5. The molecule has 0 aliphatic heterocycles. The summed E-state index contributed by atoms with van der Waals surface area (Å²) in [4.78, 5) is 48.9. The molecule has 1 atom stereocenters. The number of carbonyl (C=O) groups excluding carboxylic acids is 4. The summed E-state index contributed by atoms with van der Waals surface area (Å²) in [5.74, 6) is -4.25. The molecule has 1 fully saturated rings. The number of hydrogen-bond donors (Lipinski definition) is 0. The number of alkyl halides is 2. The van der Waals surface area contributed by atoms with Crippen LogP contribution in [0.25, 0.3) is 0 Å². The molecule has 118 valence electrons. The number of hydrogen-bond acceptors (Lipinski definition) is 4. The van der Waals surface area contributed by atoms with E-state index in [4.69, 9.17) is 23.2 Å². The highest BCUT2D eigenvalue weighted by Crippen LogP contribution is 2.42. The largest absolute Gasteiger partial charge is 0.298 e. The third-order valence-corrected chi connectivity index (χ3v) is 4.55. The summed E-state index contributed by atoms with van der Waals surface area (Å²) in [7, 11) is 0. The second-order valence-electron chi connectivity index (χ2n) is 6.67. The molecule has 1 unspecified atom stereocenters. The van der Waals surface area contributed by atoms with Gasteiger partial charge < -0.3 is 0 Å². The van der Waals surface area contributed by atoms with Crippen LogP contribution in [-0.2, 0) is 19.2 Å². The molecule has 1 aliphatic rings. The third-order valence-electron chi connectivity index (χ3n) is 4.19. The number of Topliss-reactive ketones (excluding diaryl/α,β-unsaturated/α-hetero) is 4. The Labute approximate surface area is 134 Å². The molecule has 0 aromatic carbocycles. The molecule has 0 bridgehead atoms. The summed E-state index contributed by atoms with van der Waals surface area (Å²) in [6.45, 7) is 7.42. The Bertz CT molecular complexity index is 476. The number of rotatable bonds is 4. The molecule has 4 nitrogen and oxygen atoms in total. The van der Waals surface area contributed by atoms with Crippen molar-refractivity contribution in [3.63, 3.8) is 0 Å². The average Bonchev–Trinajstić information content (AvgIpc) is 2.35. The van der Waals surface area contributed by atoms with Crippen molar-refractivity contribution in [1.29, 1.82) is 0 Å². The van der Waals surface area contributed by atoms with E-state index in [1.54, 1.807) is 6.92 Å². The van der Waals surface area contributed by atoms with Gasteiger partial charge in [0.05, 0.1) is 10.8 Å². The minimum atomic E-state index is -1.41. The zero-order valence-electron chi connectivity index (χ0n) is 12.8. The summed E-state index contributed by atoms with van der Waals surface area (Å²) in [5.41, 5.74) is -2.70. The van der Waals surface area contributed by atoms with Crippen molar-refractivity contribution >= 4 is 46.3 Å². The van der Waals surface area contributed by atoms with Crippen LogP contribution in [0.1, 0.15) is 41.0 Å². The van der Waals surface area contributed by atoms with Crippen molar-refractivity contribution in [2.75, 3.05) is 0 Å². The third kappa shape index (κ3) is 3.07. The Balaban J connectivity index is 3.22. The van der Waals surface area contributed by atoms with Crippen LogP contribution in [0.2, 0.25) is 0 Å². The summed E-state index contributed by atoms with van der Waals surface area (Å²) >= 11 is 11.3. The van der Waals surface area contributed by atoms with Gasteiger partial charge in [-0.1, -0.05) is 6.92 Å². The topological polar surface area (TPSA) is 68.3 Å². The van der Waals surface area contributed by atoms with Gasteiger partial charge in [0, 0.05) is 5.92 Å². The molecule has 0 heterocycles. The first-order valence-corrected chi connectivity index (χ1v) is 7.67. The molecule has 6 heteroatoms. The molecule has 0 aromatic heterocycles. The van der Waals surface area contributed by atoms with Crippen molar-refractivity contribution in [3.05, 3.63) is 0 Å². The molecule has 0 saturated heterocycles. The molecule has 0 spiro atoms. The van der Waals surface area contributed by atoms with Gasteiger partial charge in [0.2, 0.25) is 0 Å². The Morgan fingerprint density at radius 1 is 1.05 bits per heavy atom. The Morgan fingerprint density at radius 3 is 1.76 bits per heavy atom. The summed E-state index contributed by atoms with van der Waals surface area (Å²) < 4.78 is 0. The smallest absolute Gasteiger partial charge is 0.163 e. The molecule has 21 heavy (non-hydrogen) atoms. The minimum absolute atomic E-state index is 0.161. The monoisotopic (exact) mass is 334 g/mol. The van der Waals surface area contributed by atoms with E-state index < -0.39 is 50.6 Å². The molecule has 1 aliphatic carbocycles. The lowest BCUT2D eigenvalue weighted by atomic mass is 9.57. The van der Waals surface area contributed by atoms with Gasteiger partial charge in [-0.2, -0.15) is 0 Å². The highest BCUT2D eigenvalue weighted by atomic mass is 35.5. The van der Waals surface area contributed by atoms with Gasteiger partial charge in [0.25, 0.3) is 0 Å². The Morgan fingerprint density at radius 2 is 1.43 bits per heavy atom. The Hall–Kier alpha value is -0.740. The standard InChI is InChI=1S/C15H20Cl2O4/c1-7(6-8(16)17)10(18)9-11(19)14(2,3)13(21)15(4,5)12(9)20/h7-9H,6H2,1-5H3. The van der Waals surface area contributed by atoms with E-state index in [0.29, 0.717) is 0 Å². The molecule has 0 amide bonds. The van der Waals surface area contributed by atoms with E-state index in [1.807, 2.05) is 0 Å². The van der Waals surface area contributed by atoms with Crippen molar-refractivity contribution in [3.8, 4) is 0 Å². The zero-order chi connectivity index (χ0) is 16.7. The number of carbonyl (C=O) groups is 4. The predicted molar refractivity (Wildman–Crippen MR) is 80.4 cm³/mol. The van der Waals surface area contributed by atoms with Gasteiger partial charge >= 0.3 is 0 Å². The first-order chi connectivity index (χ1) is 9.35. The van der Waals surface area contributed by atoms with Gasteiger partial charge in [0.1, 0.15) is 10.8 Å². The summed E-state index contributed by atoms with van der Waals surface area (Å²) in [6.07, 6.45) is 0.161. The van der Waals surface area contributed by atoms with Crippen molar-refractivity contribution in [2.24, 2.45) is 22.7 Å². The minimum Gasteiger partial charge on any atom is -0.298 e. The predicted octanol–water partition coefficient (Wildman–Crippen LogP) is 2.77. The maximum Gasteiger partial charge on any atom is 0.163 e. The maximum atomic E-state index is 12.5. The number of halogens is 2. The Kier molecular flexibility index (Phi) is 5.06. The van der Waals surface area contributed by atoms with E-state index in [1.165, 1.54) is 27.7 Å². The van der Waals surface area contributed by atoms with Gasteiger partial charge in [-0.05, 0) is 34.1 Å². The first kappa shape index (κ1) is 18.3. The van der Waals surface area contributed by atoms with Crippen LogP contribution in [-0.4, -0.2) is 28.0 Å². The van der Waals surface area contributed by atoms with Gasteiger partial charge in [-0.3, -0.25) is 19.2 Å². The van der Waals surface area contributed by atoms with Crippen molar-refractivity contribution in [1.82, 2.24) is 0 Å². The molecule has 1 saturated carbocycles. The van der Waals surface area contributed by atoms with E-state index in [0.717, 1.165) is 0 Å². The maximum absolute atomic E-state index is 12.5. The second kappa shape index (κ2) is 5.81. The number of ketones is 4. The van der Waals surface area contributed by atoms with E-state index in [-0.39, 0.29) is 6.42 Å². The first-order valence-electron chi connectivity index (χ1n) is 6.80. The molecule has 0 radical (unpaired) electrons. The molecule has 1 rings (SSSR count). The van der Waals surface area contributed by atoms with E-state index in [2.05, 4.69) is 0 Å². The highest BCUT2D eigenvalue weighted by molar-refractivity contribution is 6.44. The van der Waals surface area contributed by atoms with Crippen LogP contribution in [0.3, 0.4) is 0 Å². The fraction of sp³-hybridized carbons (Fsp3) is 0.733. The molecule has 0 N–H and O–H groups in total. The SMILES string of the molecule is CC(CC(Cl)Cl)C(=O)C1C(=O)C(C)(C)C(=O)C(C)(C)C1=O. The lowest BCUT2D eigenvalue weighted by Crippen LogP contribution is -2.59. The summed E-state index contributed by atoms with van der Waals surface area (Å²) in [6, 6.07) is 0. The van der Waals surface area contributed by atoms with Crippen molar-refractivity contribution < 1.29 is 19.2 Å². The fourth-order valence-corrected chi connectivity index (χ4v) is 3.31. The lowest BCUT2D eigenvalue weighted by molar-refractivity contribution is -0.162. The van der Waals surface area contributed by atoms with Crippen LogP contribution in [0.4, 0.5) is 0 Å². The van der Waals surface area contributed by atoms with Crippen LogP contribution in [0.15, 0.2) is 0 Å². The van der Waals surface area contributed by atoms with Gasteiger partial charge in [-0.25, -0.2) is 0 Å². The molecular formula is C15H20Cl2O4. The van der Waals surface area contributed by atoms with Crippen LogP contribution in [0.5, 0.6) is 0 Å². The van der Waals surface area contributed by atoms with Crippen LogP contribution in [0, 0.1) is 22.7 Å². The molecular weight excluding hydrogens is 315 g/mol. The van der Waals surface area contributed by atoms with Crippen molar-refractivity contribution in [2.45, 2.75) is 45.9 Å². The van der Waals surface area contributed by atoms with E-state index in [9.17, 15) is 19.2 Å². The summed E-state index contributed by atoms with van der Waals surface area (Å²) in [5, 5.41) is 0.